The highest BCUT2D eigenvalue weighted by atomic mass is 32.1. The molecule has 0 saturated carbocycles. The van der Waals surface area contributed by atoms with E-state index < -0.39 is 0 Å². The molecule has 19 heavy (non-hydrogen) atoms. The number of thiophene rings is 1. The third-order valence-electron chi connectivity index (χ3n) is 3.98. The normalized spacial score (nSPS) is 19.3. The van der Waals surface area contributed by atoms with Crippen LogP contribution >= 0.6 is 11.3 Å². The van der Waals surface area contributed by atoms with E-state index in [1.54, 1.807) is 11.3 Å². The van der Waals surface area contributed by atoms with Gasteiger partial charge in [-0.15, -0.1) is 11.3 Å². The smallest absolute Gasteiger partial charge is 0.222 e. The summed E-state index contributed by atoms with van der Waals surface area (Å²) in [4.78, 5) is 15.8. The molecule has 1 aromatic heterocycles. The van der Waals surface area contributed by atoms with Crippen LogP contribution in [-0.4, -0.2) is 30.4 Å². The minimum absolute atomic E-state index is 0.113. The highest BCUT2D eigenvalue weighted by Gasteiger charge is 2.25. The van der Waals surface area contributed by atoms with Gasteiger partial charge >= 0.3 is 0 Å². The lowest BCUT2D eigenvalue weighted by Gasteiger charge is -2.27. The fourth-order valence-corrected chi connectivity index (χ4v) is 3.36. The maximum atomic E-state index is 11.9. The Morgan fingerprint density at radius 2 is 2.21 bits per heavy atom. The zero-order valence-corrected chi connectivity index (χ0v) is 12.7. The molecular formula is C15H24N2OS. The van der Waals surface area contributed by atoms with Gasteiger partial charge in [-0.05, 0) is 43.8 Å². The van der Waals surface area contributed by atoms with Crippen molar-refractivity contribution in [2.45, 2.75) is 39.2 Å². The lowest BCUT2D eigenvalue weighted by Crippen LogP contribution is -2.38. The van der Waals surface area contributed by atoms with Gasteiger partial charge in [0.05, 0.1) is 6.04 Å². The van der Waals surface area contributed by atoms with Crippen molar-refractivity contribution in [1.82, 2.24) is 10.2 Å². The number of hydrogen-bond donors (Lipinski definition) is 1. The Morgan fingerprint density at radius 3 is 2.79 bits per heavy atom. The van der Waals surface area contributed by atoms with Crippen LogP contribution in [0.4, 0.5) is 0 Å². The van der Waals surface area contributed by atoms with Crippen LogP contribution in [0.3, 0.4) is 0 Å². The highest BCUT2D eigenvalue weighted by Crippen LogP contribution is 2.27. The summed E-state index contributed by atoms with van der Waals surface area (Å²) in [5, 5.41) is 5.24. The summed E-state index contributed by atoms with van der Waals surface area (Å²) in [6.07, 6.45) is 3.46. The summed E-state index contributed by atoms with van der Waals surface area (Å²) in [6.45, 7) is 7.10. The minimum Gasteiger partial charge on any atom is -0.354 e. The predicted molar refractivity (Wildman–Crippen MR) is 80.3 cm³/mol. The van der Waals surface area contributed by atoms with E-state index >= 15 is 0 Å². The summed E-state index contributed by atoms with van der Waals surface area (Å²) >= 11 is 1.79. The molecular weight excluding hydrogens is 256 g/mol. The number of nitrogens with one attached hydrogen (secondary N) is 1. The van der Waals surface area contributed by atoms with Crippen molar-refractivity contribution in [1.29, 1.82) is 0 Å². The van der Waals surface area contributed by atoms with Crippen LogP contribution in [0.2, 0.25) is 0 Å². The van der Waals surface area contributed by atoms with Gasteiger partial charge in [0.1, 0.15) is 0 Å². The number of carbonyl (C=O) groups is 1. The molecule has 0 aliphatic carbocycles. The summed E-state index contributed by atoms with van der Waals surface area (Å²) < 4.78 is 0. The fourth-order valence-electron chi connectivity index (χ4n) is 2.50. The van der Waals surface area contributed by atoms with Crippen LogP contribution in [0.25, 0.3) is 0 Å². The Morgan fingerprint density at radius 1 is 1.47 bits per heavy atom. The van der Waals surface area contributed by atoms with Gasteiger partial charge in [0.25, 0.3) is 0 Å². The van der Waals surface area contributed by atoms with E-state index in [9.17, 15) is 4.79 Å². The van der Waals surface area contributed by atoms with Crippen molar-refractivity contribution in [3.05, 3.63) is 22.4 Å². The van der Waals surface area contributed by atoms with Crippen molar-refractivity contribution >= 4 is 17.2 Å². The maximum Gasteiger partial charge on any atom is 0.222 e. The molecule has 1 aliphatic heterocycles. The molecule has 3 nitrogen and oxygen atoms in total. The van der Waals surface area contributed by atoms with E-state index in [1.807, 2.05) is 6.92 Å². The van der Waals surface area contributed by atoms with Crippen LogP contribution in [0.15, 0.2) is 17.5 Å². The number of hydrogen-bond acceptors (Lipinski definition) is 3. The first kappa shape index (κ1) is 14.5. The molecule has 1 fully saturated rings. The van der Waals surface area contributed by atoms with Gasteiger partial charge < -0.3 is 5.32 Å². The first-order chi connectivity index (χ1) is 9.22. The molecule has 0 aromatic carbocycles. The average molecular weight is 280 g/mol. The molecule has 2 heterocycles. The van der Waals surface area contributed by atoms with Gasteiger partial charge in [-0.3, -0.25) is 9.69 Å². The molecule has 1 saturated heterocycles. The average Bonchev–Trinajstić information content (AvgIpc) is 3.11. The number of nitrogens with zero attached hydrogens (tertiary/aromatic N) is 1. The molecule has 4 heteroatoms. The van der Waals surface area contributed by atoms with Crippen LogP contribution in [0, 0.1) is 5.92 Å². The molecule has 1 aromatic rings. The highest BCUT2D eigenvalue weighted by molar-refractivity contribution is 7.10. The zero-order valence-electron chi connectivity index (χ0n) is 11.9. The molecule has 2 atom stereocenters. The molecule has 0 spiro atoms. The first-order valence-electron chi connectivity index (χ1n) is 7.27. The summed E-state index contributed by atoms with van der Waals surface area (Å²) in [5.41, 5.74) is 0. The fraction of sp³-hybridized carbons (Fsp3) is 0.667. The van der Waals surface area contributed by atoms with Gasteiger partial charge in [0, 0.05) is 17.3 Å². The van der Waals surface area contributed by atoms with Crippen molar-refractivity contribution < 1.29 is 4.79 Å². The molecule has 0 bridgehead atoms. The van der Waals surface area contributed by atoms with Gasteiger partial charge in [-0.2, -0.15) is 0 Å². The van der Waals surface area contributed by atoms with E-state index in [0.29, 0.717) is 6.04 Å². The predicted octanol–water partition coefficient (Wildman–Crippen LogP) is 3.05. The number of carbonyl (C=O) groups excluding carboxylic acids is 1. The zero-order chi connectivity index (χ0) is 13.7. The van der Waals surface area contributed by atoms with E-state index in [-0.39, 0.29) is 11.8 Å². The van der Waals surface area contributed by atoms with Crippen molar-refractivity contribution in [2.75, 3.05) is 19.6 Å². The minimum atomic E-state index is 0.113. The summed E-state index contributed by atoms with van der Waals surface area (Å²) in [5.74, 6) is 0.297. The largest absolute Gasteiger partial charge is 0.354 e. The third-order valence-corrected chi connectivity index (χ3v) is 4.96. The third kappa shape index (κ3) is 3.80. The lowest BCUT2D eigenvalue weighted by molar-refractivity contribution is -0.124. The van der Waals surface area contributed by atoms with E-state index in [4.69, 9.17) is 0 Å². The van der Waals surface area contributed by atoms with E-state index in [2.05, 4.69) is 34.7 Å². The summed E-state index contributed by atoms with van der Waals surface area (Å²) in [7, 11) is 0. The molecule has 2 unspecified atom stereocenters. The SMILES string of the molecule is CCC(C)C(=O)NCC(c1cccs1)N1CCCC1. The molecule has 1 amide bonds. The van der Waals surface area contributed by atoms with Crippen LogP contribution in [-0.2, 0) is 4.79 Å². The Hall–Kier alpha value is -0.870. The van der Waals surface area contributed by atoms with Crippen LogP contribution < -0.4 is 5.32 Å². The molecule has 1 aliphatic rings. The van der Waals surface area contributed by atoms with Crippen LogP contribution in [0.1, 0.15) is 44.0 Å². The Balaban J connectivity index is 1.96. The second-order valence-corrected chi connectivity index (χ2v) is 6.31. The summed E-state index contributed by atoms with van der Waals surface area (Å²) in [6, 6.07) is 4.64. The Labute approximate surface area is 120 Å². The lowest BCUT2D eigenvalue weighted by atomic mass is 10.1. The molecule has 0 radical (unpaired) electrons. The Bertz CT molecular complexity index is 385. The van der Waals surface area contributed by atoms with E-state index in [1.165, 1.54) is 17.7 Å². The van der Waals surface area contributed by atoms with Gasteiger partial charge in [-0.1, -0.05) is 19.9 Å². The van der Waals surface area contributed by atoms with Crippen molar-refractivity contribution in [3.63, 3.8) is 0 Å². The second kappa shape index (κ2) is 7.06. The van der Waals surface area contributed by atoms with Gasteiger partial charge in [0.2, 0.25) is 5.91 Å². The molecule has 2 rings (SSSR count). The number of rotatable bonds is 6. The maximum absolute atomic E-state index is 11.9. The topological polar surface area (TPSA) is 32.3 Å². The quantitative estimate of drug-likeness (QED) is 0.868. The standard InChI is InChI=1S/C15H24N2OS/c1-3-12(2)15(18)16-11-13(14-7-6-10-19-14)17-8-4-5-9-17/h6-7,10,12-13H,3-5,8-9,11H2,1-2H3,(H,16,18). The molecule has 106 valence electrons. The van der Waals surface area contributed by atoms with E-state index in [0.717, 1.165) is 26.1 Å². The van der Waals surface area contributed by atoms with Crippen LogP contribution in [0.5, 0.6) is 0 Å². The van der Waals surface area contributed by atoms with Gasteiger partial charge in [0.15, 0.2) is 0 Å². The number of amides is 1. The first-order valence-corrected chi connectivity index (χ1v) is 8.15. The Kier molecular flexibility index (Phi) is 5.40. The second-order valence-electron chi connectivity index (χ2n) is 5.33. The van der Waals surface area contributed by atoms with Gasteiger partial charge in [-0.25, -0.2) is 0 Å². The van der Waals surface area contributed by atoms with Crippen molar-refractivity contribution in [3.8, 4) is 0 Å². The van der Waals surface area contributed by atoms with Crippen molar-refractivity contribution in [2.24, 2.45) is 5.92 Å². The number of likely N-dealkylation sites (tertiary alicyclic amines) is 1. The monoisotopic (exact) mass is 280 g/mol. The molecule has 1 N–H and O–H groups in total.